The number of thioether (sulfide) groups is 8. The zero-order valence-corrected chi connectivity index (χ0v) is 89.1. The lowest BCUT2D eigenvalue weighted by atomic mass is 9.95. The molecule has 30 aliphatic rings. The molecule has 30 aliphatic heterocycles. The summed E-state index contributed by atoms with van der Waals surface area (Å²) < 4.78 is 368. The molecule has 72 heteroatoms. The molecular formula is C72H128O56S16. The van der Waals surface area contributed by atoms with Crippen LogP contribution in [0.25, 0.3) is 0 Å². The van der Waals surface area contributed by atoms with Crippen molar-refractivity contribution in [1.29, 1.82) is 0 Å². The molecule has 0 aromatic heterocycles. The van der Waals surface area contributed by atoms with Gasteiger partial charge in [-0.25, -0.2) is 0 Å². The molecule has 30 rings (SSSR count). The summed E-state index contributed by atoms with van der Waals surface area (Å²) >= 11 is 6.77. The highest BCUT2D eigenvalue weighted by molar-refractivity contribution is 8.01. The fraction of sp³-hybridized carbons (Fsp3) is 1.00. The van der Waals surface area contributed by atoms with Gasteiger partial charge in [0.1, 0.15) is 146 Å². The van der Waals surface area contributed by atoms with Crippen LogP contribution in [0.5, 0.6) is 0 Å². The Balaban J connectivity index is 1.15. The second-order valence-electron chi connectivity index (χ2n) is 34.7. The van der Waals surface area contributed by atoms with Crippen LogP contribution in [0.15, 0.2) is 0 Å². The van der Waals surface area contributed by atoms with Crippen LogP contribution in [-0.2, 0) is 157 Å². The molecule has 0 spiro atoms. The summed E-state index contributed by atoms with van der Waals surface area (Å²) in [4.78, 5) is 0. The molecule has 0 unspecified atom stereocenters. The van der Waals surface area contributed by atoms with Crippen molar-refractivity contribution in [3.05, 3.63) is 0 Å². The van der Waals surface area contributed by atoms with Gasteiger partial charge in [-0.2, -0.15) is 161 Å². The van der Waals surface area contributed by atoms with Crippen LogP contribution in [0.1, 0.15) is 51.4 Å². The van der Waals surface area contributed by atoms with Crippen LogP contribution in [-0.4, -0.2) is 569 Å². The molecule has 144 heavy (non-hydrogen) atoms. The Morgan fingerprint density at radius 2 is 0.236 bits per heavy atom. The Bertz CT molecular complexity index is 3960. The lowest BCUT2D eigenvalue weighted by molar-refractivity contribution is -0.396. The van der Waals surface area contributed by atoms with E-state index in [1.807, 2.05) is 0 Å². The van der Waals surface area contributed by atoms with Gasteiger partial charge in [-0.3, -0.25) is 36.4 Å². The van der Waals surface area contributed by atoms with Crippen LogP contribution in [0.4, 0.5) is 0 Å². The third-order valence-electron chi connectivity index (χ3n) is 23.2. The van der Waals surface area contributed by atoms with Crippen LogP contribution >= 0.6 is 94.1 Å². The minimum absolute atomic E-state index is 0.156. The Morgan fingerprint density at radius 3 is 0.319 bits per heavy atom. The number of ether oxygens (including phenoxy) is 16. The van der Waals surface area contributed by atoms with Crippen LogP contribution in [0.3, 0.4) is 0 Å². The van der Waals surface area contributed by atoms with E-state index in [9.17, 15) is 185 Å². The Labute approximate surface area is 864 Å². The molecular weight excluding hydrogens is 2270 g/mol. The Kier molecular flexibility index (Phi) is 51.7. The van der Waals surface area contributed by atoms with Gasteiger partial charge in [0.2, 0.25) is 0 Å². The van der Waals surface area contributed by atoms with Gasteiger partial charge < -0.3 is 157 Å². The van der Waals surface area contributed by atoms with Crippen molar-refractivity contribution in [2.24, 2.45) is 0 Å². The first kappa shape index (κ1) is 128. The predicted molar refractivity (Wildman–Crippen MR) is 511 cm³/mol. The summed E-state index contributed by atoms with van der Waals surface area (Å²) in [5.74, 6) is -11.4. The van der Waals surface area contributed by atoms with Crippen LogP contribution < -0.4 is 0 Å². The molecule has 30 fully saturated rings. The van der Waals surface area contributed by atoms with E-state index in [1.165, 1.54) is 0 Å². The summed E-state index contributed by atoms with van der Waals surface area (Å²) in [6.45, 7) is 0. The van der Waals surface area contributed by atoms with E-state index >= 15 is 0 Å². The fourth-order valence-electron chi connectivity index (χ4n) is 16.1. The van der Waals surface area contributed by atoms with Gasteiger partial charge in [0.15, 0.2) is 50.3 Å². The summed E-state index contributed by atoms with van der Waals surface area (Å²) in [7, 11) is -36.8. The van der Waals surface area contributed by atoms with E-state index in [-0.39, 0.29) is 97.4 Å². The molecule has 848 valence electrons. The molecule has 30 saturated heterocycles. The second kappa shape index (κ2) is 58.0. The normalized spacial score (nSPS) is 39.4. The lowest BCUT2D eigenvalue weighted by Crippen LogP contribution is -2.69. The molecule has 0 aromatic rings. The minimum Gasteiger partial charge on any atom is -0.387 e. The van der Waals surface area contributed by atoms with Gasteiger partial charge in [-0.05, 0) is 97.4 Å². The summed E-state index contributed by atoms with van der Waals surface area (Å²) in [5, 5.41) is 198. The van der Waals surface area contributed by atoms with Crippen molar-refractivity contribution in [3.63, 3.8) is 0 Å². The van der Waals surface area contributed by atoms with E-state index < -0.39 is 419 Å². The lowest BCUT2D eigenvalue weighted by Gasteiger charge is -2.51. The quantitative estimate of drug-likeness (QED) is 0.0199. The second-order valence-corrected chi connectivity index (χ2v) is 56.5. The summed E-state index contributed by atoms with van der Waals surface area (Å²) in [6.07, 6.45) is -88.6. The number of hydrogen-bond donors (Lipinski definition) is 24. The van der Waals surface area contributed by atoms with Crippen LogP contribution in [0.2, 0.25) is 0 Å². The maximum absolute atomic E-state index is 12.4. The zero-order valence-electron chi connectivity index (χ0n) is 76.1. The van der Waals surface area contributed by atoms with Gasteiger partial charge >= 0.3 is 0 Å². The van der Waals surface area contributed by atoms with E-state index in [1.54, 1.807) is 0 Å². The Hall–Kier alpha value is 0.800. The van der Waals surface area contributed by atoms with Gasteiger partial charge in [0.05, 0.1) is 94.9 Å². The topological polar surface area (TPSA) is 906 Å². The maximum Gasteiger partial charge on any atom is 0.264 e. The van der Waals surface area contributed by atoms with Gasteiger partial charge in [0, 0.05) is 46.0 Å². The highest BCUT2D eigenvalue weighted by Gasteiger charge is 2.61. The predicted octanol–water partition coefficient (Wildman–Crippen LogP) is -9.26. The number of aliphatic hydroxyl groups is 16. The average Bonchev–Trinajstić information content (AvgIpc) is 0.765. The molecule has 0 aromatic carbocycles. The van der Waals surface area contributed by atoms with Crippen LogP contribution in [0, 0.1) is 0 Å². The number of hydrogen-bond acceptors (Lipinski definition) is 56. The van der Waals surface area contributed by atoms with Crippen molar-refractivity contribution >= 4 is 175 Å². The van der Waals surface area contributed by atoms with Crippen molar-refractivity contribution in [1.82, 2.24) is 0 Å². The Morgan fingerprint density at radius 1 is 0.146 bits per heavy atom. The average molecular weight is 2400 g/mol. The molecule has 0 aliphatic carbocycles. The van der Waals surface area contributed by atoms with Gasteiger partial charge in [-0.1, -0.05) is 0 Å². The molecule has 0 radical (unpaired) electrons. The van der Waals surface area contributed by atoms with E-state index in [0.29, 0.717) is 0 Å². The summed E-state index contributed by atoms with van der Waals surface area (Å²) in [5.41, 5.74) is 0. The zero-order chi connectivity index (χ0) is 107. The first-order valence-electron chi connectivity index (χ1n) is 44.7. The SMILES string of the molecule is O=S(=O)(O)CCCSC[C@H]1O[C@@H]2O[C@H]3[C@H](O)[C@@H](O)[C@@H](O[C@H]4[C@H](O)[C@@H](O)[C@@H](O[C@H]5[C@H](O)[C@@H](O)[C@@H](O[C@H]6[C@H](O)[C@@H](O)[C@@H](O[C@H]7[C@H](O)[C@@H](O)[C@@H](O[C@H]8[C@H](O)[C@@H](O)[C@@H](O[C@H]9[C@H](O)[C@@H](O)[C@@H](O[C@H]1[C@H](O)[C@H]2O)O[C@@H]9CSCCCS(=O)(=O)O)O[C@@H]8CSCCCS(=O)(=O)O)O[C@@H]7CSCCCS(=O)(=O)O)O[C@@H]6CSCCCS(=O)(=O)O)O[C@@H]5CSCCCS(=O)(=O)O)O[C@@H]4CSCCCS(=O)(=O)O)O[C@@H]3CSCCCS(=O)(=O)O. The maximum atomic E-state index is 12.4. The molecule has 56 nitrogen and oxygen atoms in total. The van der Waals surface area contributed by atoms with E-state index in [4.69, 9.17) is 75.8 Å². The number of aliphatic hydroxyl groups excluding tert-OH is 16. The summed E-state index contributed by atoms with van der Waals surface area (Å²) in [6, 6.07) is 0. The van der Waals surface area contributed by atoms with E-state index in [0.717, 1.165) is 94.1 Å². The highest BCUT2D eigenvalue weighted by atomic mass is 32.3. The smallest absolute Gasteiger partial charge is 0.264 e. The molecule has 16 bridgehead atoms. The van der Waals surface area contributed by atoms with Gasteiger partial charge in [-0.15, -0.1) is 0 Å². The standard InChI is InChI=1S/C72H128O56S16/c73-41-49(81)65-113-33(25-129-9-1-17-137(89,90)91)57(41)121-66-50(82)42(74)59(35(114-66)27-131-11-3-19-139(95,96)97)123-68-52(84)44(76)61(37(116-68)29-133-13-5-21-141(101,102)103)125-70-54(86)46(78)63(39(118-70)31-135-15-7-23-143(107,108)109)127-72-56(88)48(80)64(40(120-72)32-136-16-8-24-144(110,111)112)128-71-55(87)47(79)62(38(119-71)30-134-14-6-22-142(104,105)106)126-69-53(85)45(77)60(36(117-69)28-132-12-4-20-140(98,99)100)124-67-51(83)43(75)58(122-65)34(115-67)26-130-10-2-18-138(92,93)94/h33-88H,1-32H2,(H,89,90,91)(H,92,93,94)(H,95,96,97)(H,98,99,100)(H,101,102,103)(H,104,105,106)(H,107,108,109)(H,110,111,112)/t33-,34-,35-,36-,37-,38-,39-,40-,41-,42-,43-,44-,45-,46-,47-,48-,49-,50-,51-,52-,53-,54-,55-,56-,57-,58-,59-,60-,61-,62-,63-,64-,65-,66-,67-,68-,69-,70-,71-,72-/m1/s1. The largest absolute Gasteiger partial charge is 0.387 e. The molecule has 40 atom stereocenters. The van der Waals surface area contributed by atoms with Crippen molar-refractivity contribution in [2.45, 2.75) is 297 Å². The number of rotatable bonds is 48. The van der Waals surface area contributed by atoms with Crippen molar-refractivity contribution < 1.29 is 261 Å². The van der Waals surface area contributed by atoms with Crippen molar-refractivity contribution in [3.8, 4) is 0 Å². The van der Waals surface area contributed by atoms with Crippen molar-refractivity contribution in [2.75, 3.05) is 138 Å². The third-order valence-corrected chi connectivity index (χ3v) is 38.8. The molecule has 30 heterocycles. The molecule has 24 N–H and O–H groups in total. The molecule has 0 amide bonds. The first-order chi connectivity index (χ1) is 67.1. The van der Waals surface area contributed by atoms with Gasteiger partial charge in [0.25, 0.3) is 80.9 Å². The fourth-order valence-corrected chi connectivity index (χ4v) is 29.8. The minimum atomic E-state index is -4.60. The molecule has 0 saturated carbocycles. The third kappa shape index (κ3) is 40.9. The van der Waals surface area contributed by atoms with E-state index in [2.05, 4.69) is 0 Å². The first-order valence-corrected chi connectivity index (χ1v) is 66.8. The highest BCUT2D eigenvalue weighted by Crippen LogP contribution is 2.43. The monoisotopic (exact) mass is 2400 g/mol.